The third-order valence-corrected chi connectivity index (χ3v) is 5.31. The van der Waals surface area contributed by atoms with E-state index in [1.807, 2.05) is 23.1 Å². The van der Waals surface area contributed by atoms with Crippen LogP contribution in [0.1, 0.15) is 31.2 Å². The van der Waals surface area contributed by atoms with Crippen LogP contribution in [0, 0.1) is 0 Å². The van der Waals surface area contributed by atoms with E-state index >= 15 is 0 Å². The maximum Gasteiger partial charge on any atom is 0.416 e. The maximum atomic E-state index is 12.7. The Morgan fingerprint density at radius 3 is 2.32 bits per heavy atom. The molecule has 2 aromatic rings. The number of anilines is 1. The number of halogens is 3. The molecule has 28 heavy (non-hydrogen) atoms. The molecule has 1 N–H and O–H groups in total. The van der Waals surface area contributed by atoms with E-state index in [-0.39, 0.29) is 24.2 Å². The van der Waals surface area contributed by atoms with Crippen LogP contribution < -0.4 is 10.1 Å². The number of hydrogen-bond acceptors (Lipinski definition) is 3. The molecule has 1 aromatic carbocycles. The lowest BCUT2D eigenvalue weighted by molar-refractivity contribution is -0.137. The summed E-state index contributed by atoms with van der Waals surface area (Å²) in [7, 11) is 0. The minimum absolute atomic E-state index is 0.00233. The average Bonchev–Trinajstić information content (AvgIpc) is 2.93. The number of amides is 2. The van der Waals surface area contributed by atoms with Gasteiger partial charge < -0.3 is 15.0 Å². The van der Waals surface area contributed by atoms with Gasteiger partial charge in [0.25, 0.3) is 0 Å². The minimum Gasteiger partial charge on any atom is -0.474 e. The highest BCUT2D eigenvalue weighted by molar-refractivity contribution is 5.90. The molecule has 3 heterocycles. The summed E-state index contributed by atoms with van der Waals surface area (Å²) in [5.74, 6) is 0.578. The Kier molecular flexibility index (Phi) is 4.87. The predicted octanol–water partition coefficient (Wildman–Crippen LogP) is 4.71. The van der Waals surface area contributed by atoms with Crippen molar-refractivity contribution in [3.05, 3.63) is 54.2 Å². The quantitative estimate of drug-likeness (QED) is 0.825. The van der Waals surface area contributed by atoms with E-state index in [0.29, 0.717) is 24.4 Å². The number of benzene rings is 1. The van der Waals surface area contributed by atoms with E-state index in [0.717, 1.165) is 25.0 Å². The van der Waals surface area contributed by atoms with Crippen LogP contribution in [0.4, 0.5) is 23.7 Å². The summed E-state index contributed by atoms with van der Waals surface area (Å²) in [5.41, 5.74) is -0.387. The molecule has 4 rings (SSSR count). The van der Waals surface area contributed by atoms with Crippen molar-refractivity contribution in [2.45, 2.75) is 50.0 Å². The second-order valence-corrected chi connectivity index (χ2v) is 7.18. The smallest absolute Gasteiger partial charge is 0.416 e. The molecule has 0 saturated carbocycles. The van der Waals surface area contributed by atoms with Crippen molar-refractivity contribution in [1.29, 1.82) is 0 Å². The fraction of sp³-hybridized carbons (Fsp3) is 0.400. The largest absolute Gasteiger partial charge is 0.474 e. The lowest BCUT2D eigenvalue weighted by Crippen LogP contribution is -2.50. The molecule has 0 radical (unpaired) electrons. The Labute approximate surface area is 160 Å². The molecule has 2 amide bonds. The molecule has 3 atom stereocenters. The molecule has 2 aliphatic heterocycles. The van der Waals surface area contributed by atoms with E-state index < -0.39 is 11.7 Å². The molecule has 0 spiro atoms. The second kappa shape index (κ2) is 7.33. The molecular formula is C20H20F3N3O2. The van der Waals surface area contributed by atoms with Crippen LogP contribution >= 0.6 is 0 Å². The predicted molar refractivity (Wildman–Crippen MR) is 97.0 cm³/mol. The molecule has 8 heteroatoms. The highest BCUT2D eigenvalue weighted by Crippen LogP contribution is 2.37. The number of carbonyl (C=O) groups excluding carboxylic acids is 1. The summed E-state index contributed by atoms with van der Waals surface area (Å²) in [5, 5.41) is 2.72. The third-order valence-electron chi connectivity index (χ3n) is 5.31. The van der Waals surface area contributed by atoms with E-state index in [1.165, 1.54) is 12.1 Å². The van der Waals surface area contributed by atoms with Gasteiger partial charge in [-0.3, -0.25) is 0 Å². The molecule has 2 aliphatic rings. The molecule has 0 aliphatic carbocycles. The number of urea groups is 1. The van der Waals surface area contributed by atoms with Crippen molar-refractivity contribution in [1.82, 2.24) is 9.88 Å². The van der Waals surface area contributed by atoms with Crippen LogP contribution in [-0.2, 0) is 6.18 Å². The highest BCUT2D eigenvalue weighted by atomic mass is 19.4. The second-order valence-electron chi connectivity index (χ2n) is 7.18. The number of carbonyl (C=O) groups is 1. The summed E-state index contributed by atoms with van der Waals surface area (Å²) < 4.78 is 43.9. The van der Waals surface area contributed by atoms with Gasteiger partial charge in [-0.25, -0.2) is 9.78 Å². The van der Waals surface area contributed by atoms with Gasteiger partial charge in [0.15, 0.2) is 0 Å². The molecule has 1 aromatic heterocycles. The lowest BCUT2D eigenvalue weighted by Gasteiger charge is -2.38. The summed E-state index contributed by atoms with van der Waals surface area (Å²) in [6.45, 7) is 0. The number of fused-ring (bicyclic) bond motifs is 2. The van der Waals surface area contributed by atoms with E-state index in [2.05, 4.69) is 10.3 Å². The monoisotopic (exact) mass is 391 g/mol. The first kappa shape index (κ1) is 18.6. The van der Waals surface area contributed by atoms with Gasteiger partial charge in [0.2, 0.25) is 5.88 Å². The van der Waals surface area contributed by atoms with Crippen LogP contribution in [0.25, 0.3) is 0 Å². The number of hydrogen-bond donors (Lipinski definition) is 1. The number of ether oxygens (including phenoxy) is 1. The first-order valence-corrected chi connectivity index (χ1v) is 9.24. The number of rotatable bonds is 3. The number of nitrogens with one attached hydrogen (secondary N) is 1. The zero-order valence-corrected chi connectivity index (χ0v) is 15.0. The fourth-order valence-electron chi connectivity index (χ4n) is 4.07. The summed E-state index contributed by atoms with van der Waals surface area (Å²) in [6, 6.07) is 9.83. The number of aromatic nitrogens is 1. The lowest BCUT2D eigenvalue weighted by atomic mass is 10.00. The molecule has 2 saturated heterocycles. The SMILES string of the molecule is O=C(Nc1ccc(C(F)(F)F)cc1)N1[C@@H]2CC[C@H]1CC(Oc1ccccn1)C2. The Bertz CT molecular complexity index is 813. The first-order chi connectivity index (χ1) is 13.4. The van der Waals surface area contributed by atoms with Gasteiger partial charge >= 0.3 is 12.2 Å². The van der Waals surface area contributed by atoms with Gasteiger partial charge in [0, 0.05) is 42.9 Å². The first-order valence-electron chi connectivity index (χ1n) is 9.24. The van der Waals surface area contributed by atoms with Crippen LogP contribution in [0.2, 0.25) is 0 Å². The summed E-state index contributed by atoms with van der Waals surface area (Å²) >= 11 is 0. The van der Waals surface area contributed by atoms with Crippen molar-refractivity contribution in [3.8, 4) is 5.88 Å². The van der Waals surface area contributed by atoms with E-state index in [4.69, 9.17) is 4.74 Å². The molecule has 2 bridgehead atoms. The van der Waals surface area contributed by atoms with Crippen LogP contribution in [0.3, 0.4) is 0 Å². The zero-order chi connectivity index (χ0) is 19.7. The van der Waals surface area contributed by atoms with Gasteiger partial charge in [-0.15, -0.1) is 0 Å². The van der Waals surface area contributed by atoms with Crippen LogP contribution in [-0.4, -0.2) is 34.1 Å². The van der Waals surface area contributed by atoms with Crippen LogP contribution in [0.5, 0.6) is 5.88 Å². The molecule has 5 nitrogen and oxygen atoms in total. The van der Waals surface area contributed by atoms with Gasteiger partial charge in [-0.1, -0.05) is 6.07 Å². The van der Waals surface area contributed by atoms with E-state index in [9.17, 15) is 18.0 Å². The summed E-state index contributed by atoms with van der Waals surface area (Å²) in [6.07, 6.45) is 0.511. The Balaban J connectivity index is 1.38. The van der Waals surface area contributed by atoms with Crippen molar-refractivity contribution in [3.63, 3.8) is 0 Å². The van der Waals surface area contributed by atoms with Gasteiger partial charge in [0.05, 0.1) is 5.56 Å². The molecule has 2 fully saturated rings. The standard InChI is InChI=1S/C20H20F3N3O2/c21-20(22,23)13-4-6-14(7-5-13)25-19(27)26-15-8-9-16(26)12-17(11-15)28-18-3-1-2-10-24-18/h1-7,10,15-17H,8-9,11-12H2,(H,25,27)/t15-,16+,17?. The molecule has 1 unspecified atom stereocenters. The normalized spacial score (nSPS) is 24.1. The van der Waals surface area contributed by atoms with Crippen LogP contribution in [0.15, 0.2) is 48.7 Å². The third kappa shape index (κ3) is 3.90. The van der Waals surface area contributed by atoms with E-state index in [1.54, 1.807) is 6.20 Å². The van der Waals surface area contributed by atoms with Gasteiger partial charge in [-0.2, -0.15) is 13.2 Å². The number of nitrogens with zero attached hydrogens (tertiary/aromatic N) is 2. The van der Waals surface area contributed by atoms with Crippen molar-refractivity contribution < 1.29 is 22.7 Å². The summed E-state index contributed by atoms with van der Waals surface area (Å²) in [4.78, 5) is 18.7. The molecular weight excluding hydrogens is 371 g/mol. The maximum absolute atomic E-state index is 12.7. The topological polar surface area (TPSA) is 54.5 Å². The Morgan fingerprint density at radius 1 is 1.07 bits per heavy atom. The molecule has 148 valence electrons. The van der Waals surface area contributed by atoms with Crippen molar-refractivity contribution in [2.24, 2.45) is 0 Å². The number of piperidine rings is 1. The number of alkyl halides is 3. The van der Waals surface area contributed by atoms with Gasteiger partial charge in [-0.05, 0) is 43.2 Å². The Morgan fingerprint density at radius 2 is 1.75 bits per heavy atom. The minimum atomic E-state index is -4.39. The zero-order valence-electron chi connectivity index (χ0n) is 15.0. The van der Waals surface area contributed by atoms with Gasteiger partial charge in [0.1, 0.15) is 6.10 Å². The Hall–Kier alpha value is -2.77. The fourth-order valence-corrected chi connectivity index (χ4v) is 4.07. The van der Waals surface area contributed by atoms with Crippen molar-refractivity contribution in [2.75, 3.05) is 5.32 Å². The van der Waals surface area contributed by atoms with Crippen molar-refractivity contribution >= 4 is 11.7 Å². The highest BCUT2D eigenvalue weighted by Gasteiger charge is 2.44. The average molecular weight is 391 g/mol. The number of pyridine rings is 1.